The zero-order chi connectivity index (χ0) is 18.0. The first kappa shape index (κ1) is 17.5. The van der Waals surface area contributed by atoms with Gasteiger partial charge in [-0.1, -0.05) is 30.3 Å². The number of halogens is 2. The average molecular weight is 345 g/mol. The molecule has 3 rings (SSSR count). The van der Waals surface area contributed by atoms with E-state index in [-0.39, 0.29) is 23.6 Å². The van der Waals surface area contributed by atoms with Gasteiger partial charge in [0.15, 0.2) is 0 Å². The fourth-order valence-electron chi connectivity index (χ4n) is 3.23. The van der Waals surface area contributed by atoms with E-state index in [0.717, 1.165) is 23.8 Å². The Morgan fingerprint density at radius 1 is 1.20 bits per heavy atom. The number of anilines is 1. The molecule has 0 aliphatic carbocycles. The van der Waals surface area contributed by atoms with Crippen LogP contribution in [0.1, 0.15) is 18.4 Å². The summed E-state index contributed by atoms with van der Waals surface area (Å²) < 4.78 is 26.9. The number of hydrogen-bond acceptors (Lipinski definition) is 3. The lowest BCUT2D eigenvalue weighted by Gasteiger charge is -2.23. The zero-order valence-corrected chi connectivity index (χ0v) is 14.0. The fraction of sp³-hybridized carbons (Fsp3) is 0.316. The van der Waals surface area contributed by atoms with Crippen molar-refractivity contribution in [2.75, 3.05) is 18.4 Å². The molecule has 0 spiro atoms. The van der Waals surface area contributed by atoms with Crippen LogP contribution in [-0.4, -0.2) is 36.0 Å². The molecule has 6 heteroatoms. The smallest absolute Gasteiger partial charge is 0.241 e. The highest BCUT2D eigenvalue weighted by molar-refractivity contribution is 5.94. The van der Waals surface area contributed by atoms with Crippen LogP contribution in [0.5, 0.6) is 0 Å². The van der Waals surface area contributed by atoms with E-state index in [1.54, 1.807) is 6.92 Å². The summed E-state index contributed by atoms with van der Waals surface area (Å²) in [5.74, 6) is -1.51. The molecule has 1 unspecified atom stereocenters. The highest BCUT2D eigenvalue weighted by Crippen LogP contribution is 2.28. The van der Waals surface area contributed by atoms with Gasteiger partial charge in [-0.25, -0.2) is 8.78 Å². The van der Waals surface area contributed by atoms with Gasteiger partial charge in [-0.3, -0.25) is 9.69 Å². The van der Waals surface area contributed by atoms with Crippen LogP contribution in [0, 0.1) is 11.6 Å². The van der Waals surface area contributed by atoms with Gasteiger partial charge in [-0.15, -0.1) is 0 Å². The Hall–Kier alpha value is -2.31. The molecule has 132 valence electrons. The molecular formula is C19H21F2N3O. The molecule has 0 saturated carbocycles. The Bertz CT molecular complexity index is 754. The fourth-order valence-corrected chi connectivity index (χ4v) is 3.23. The van der Waals surface area contributed by atoms with E-state index in [2.05, 4.69) is 5.32 Å². The molecule has 1 heterocycles. The molecule has 2 aromatic carbocycles. The van der Waals surface area contributed by atoms with Crippen LogP contribution < -0.4 is 11.1 Å². The van der Waals surface area contributed by atoms with Gasteiger partial charge in [0.2, 0.25) is 5.91 Å². The van der Waals surface area contributed by atoms with Crippen molar-refractivity contribution in [2.45, 2.75) is 24.9 Å². The van der Waals surface area contributed by atoms with Gasteiger partial charge in [0, 0.05) is 31.1 Å². The van der Waals surface area contributed by atoms with Crippen LogP contribution in [0.3, 0.4) is 0 Å². The number of carbonyl (C=O) groups is 1. The summed E-state index contributed by atoms with van der Waals surface area (Å²) in [7, 11) is 0. The first-order chi connectivity index (χ1) is 12.0. The van der Waals surface area contributed by atoms with E-state index in [9.17, 15) is 13.6 Å². The molecule has 1 amide bonds. The molecule has 1 aliphatic rings. The van der Waals surface area contributed by atoms with Crippen molar-refractivity contribution in [1.82, 2.24) is 4.90 Å². The Morgan fingerprint density at radius 3 is 2.64 bits per heavy atom. The highest BCUT2D eigenvalue weighted by atomic mass is 19.1. The Balaban J connectivity index is 1.68. The monoisotopic (exact) mass is 345 g/mol. The third-order valence-electron chi connectivity index (χ3n) is 4.73. The molecular weight excluding hydrogens is 324 g/mol. The summed E-state index contributed by atoms with van der Waals surface area (Å²) in [6.07, 6.45) is 0. The third-order valence-corrected chi connectivity index (χ3v) is 4.73. The minimum Gasteiger partial charge on any atom is -0.326 e. The van der Waals surface area contributed by atoms with Gasteiger partial charge >= 0.3 is 0 Å². The number of rotatable bonds is 4. The van der Waals surface area contributed by atoms with Crippen molar-refractivity contribution >= 4 is 11.6 Å². The van der Waals surface area contributed by atoms with Gasteiger partial charge in [-0.05, 0) is 24.6 Å². The second kappa shape index (κ2) is 7.29. The lowest BCUT2D eigenvalue weighted by atomic mass is 9.95. The Morgan fingerprint density at radius 2 is 1.92 bits per heavy atom. The minimum absolute atomic E-state index is 0.0800. The van der Waals surface area contributed by atoms with E-state index in [4.69, 9.17) is 5.73 Å². The van der Waals surface area contributed by atoms with Gasteiger partial charge < -0.3 is 11.1 Å². The molecule has 3 atom stereocenters. The largest absolute Gasteiger partial charge is 0.326 e. The SMILES string of the molecule is CC(C(=O)Nc1cc(F)ccc1F)N1C[C@@H](N)[C@H](c2ccccc2)C1. The molecule has 3 N–H and O–H groups in total. The van der Waals surface area contributed by atoms with Crippen molar-refractivity contribution in [3.63, 3.8) is 0 Å². The number of benzene rings is 2. The molecule has 25 heavy (non-hydrogen) atoms. The van der Waals surface area contributed by atoms with Crippen LogP contribution in [-0.2, 0) is 4.79 Å². The second-order valence-electron chi connectivity index (χ2n) is 6.42. The molecule has 2 aromatic rings. The third kappa shape index (κ3) is 3.86. The summed E-state index contributed by atoms with van der Waals surface area (Å²) in [6.45, 7) is 2.96. The molecule has 0 bridgehead atoms. The second-order valence-corrected chi connectivity index (χ2v) is 6.42. The summed E-state index contributed by atoms with van der Waals surface area (Å²) >= 11 is 0. The molecule has 0 radical (unpaired) electrons. The molecule has 4 nitrogen and oxygen atoms in total. The molecule has 0 aromatic heterocycles. The lowest BCUT2D eigenvalue weighted by Crippen LogP contribution is -2.42. The maximum Gasteiger partial charge on any atom is 0.241 e. The number of hydrogen-bond donors (Lipinski definition) is 2. The topological polar surface area (TPSA) is 58.4 Å². The van der Waals surface area contributed by atoms with E-state index in [1.807, 2.05) is 35.2 Å². The van der Waals surface area contributed by atoms with Gasteiger partial charge in [0.05, 0.1) is 11.7 Å². The van der Waals surface area contributed by atoms with Crippen molar-refractivity contribution in [3.05, 3.63) is 65.7 Å². The highest BCUT2D eigenvalue weighted by Gasteiger charge is 2.35. The summed E-state index contributed by atoms with van der Waals surface area (Å²) in [5.41, 5.74) is 7.24. The summed E-state index contributed by atoms with van der Waals surface area (Å²) in [4.78, 5) is 14.4. The average Bonchev–Trinajstić information content (AvgIpc) is 3.00. The minimum atomic E-state index is -0.665. The number of likely N-dealkylation sites (tertiary alicyclic amines) is 1. The number of nitrogens with two attached hydrogens (primary N) is 1. The Kier molecular flexibility index (Phi) is 5.11. The first-order valence-electron chi connectivity index (χ1n) is 8.26. The Labute approximate surface area is 145 Å². The maximum absolute atomic E-state index is 13.7. The standard InChI is InChI=1S/C19H21F2N3O/c1-12(19(25)23-18-9-14(20)7-8-16(18)21)24-10-15(17(22)11-24)13-5-3-2-4-6-13/h2-9,12,15,17H,10-11,22H2,1H3,(H,23,25)/t12?,15-,17+/m0/s1. The van der Waals surface area contributed by atoms with Crippen molar-refractivity contribution in [3.8, 4) is 0 Å². The van der Waals surface area contributed by atoms with Gasteiger partial charge in [0.25, 0.3) is 0 Å². The number of nitrogens with one attached hydrogen (secondary N) is 1. The predicted octanol–water partition coefficient (Wildman–Crippen LogP) is 2.72. The predicted molar refractivity (Wildman–Crippen MR) is 93.2 cm³/mol. The van der Waals surface area contributed by atoms with E-state index in [1.165, 1.54) is 0 Å². The summed E-state index contributed by atoms with van der Waals surface area (Å²) in [6, 6.07) is 12.3. The van der Waals surface area contributed by atoms with Gasteiger partial charge in [-0.2, -0.15) is 0 Å². The van der Waals surface area contributed by atoms with Crippen LogP contribution >= 0.6 is 0 Å². The maximum atomic E-state index is 13.7. The van der Waals surface area contributed by atoms with Crippen molar-refractivity contribution in [1.29, 1.82) is 0 Å². The quantitative estimate of drug-likeness (QED) is 0.896. The van der Waals surface area contributed by atoms with Gasteiger partial charge in [0.1, 0.15) is 11.6 Å². The van der Waals surface area contributed by atoms with Crippen LogP contribution in [0.25, 0.3) is 0 Å². The van der Waals surface area contributed by atoms with Crippen LogP contribution in [0.4, 0.5) is 14.5 Å². The lowest BCUT2D eigenvalue weighted by molar-refractivity contribution is -0.120. The van der Waals surface area contributed by atoms with Crippen LogP contribution in [0.15, 0.2) is 48.5 Å². The normalized spacial score (nSPS) is 21.9. The van der Waals surface area contributed by atoms with E-state index in [0.29, 0.717) is 13.1 Å². The van der Waals surface area contributed by atoms with Crippen LogP contribution in [0.2, 0.25) is 0 Å². The van der Waals surface area contributed by atoms with Crippen molar-refractivity contribution < 1.29 is 13.6 Å². The first-order valence-corrected chi connectivity index (χ1v) is 8.26. The van der Waals surface area contributed by atoms with E-state index >= 15 is 0 Å². The zero-order valence-electron chi connectivity index (χ0n) is 14.0. The number of carbonyl (C=O) groups excluding carboxylic acids is 1. The number of amides is 1. The van der Waals surface area contributed by atoms with Crippen molar-refractivity contribution in [2.24, 2.45) is 5.73 Å². The molecule has 1 fully saturated rings. The van der Waals surface area contributed by atoms with E-state index < -0.39 is 17.7 Å². The molecule has 1 saturated heterocycles. The summed E-state index contributed by atoms with van der Waals surface area (Å²) in [5, 5.41) is 2.46. The number of nitrogens with zero attached hydrogens (tertiary/aromatic N) is 1. The molecule has 1 aliphatic heterocycles.